The van der Waals surface area contributed by atoms with Crippen molar-refractivity contribution in [3.8, 4) is 11.3 Å². The number of piperidine rings is 1. The molecule has 7 heteroatoms. The molecule has 1 atom stereocenters. The van der Waals surface area contributed by atoms with Crippen LogP contribution in [0.15, 0.2) is 24.8 Å². The summed E-state index contributed by atoms with van der Waals surface area (Å²) in [6, 6.07) is 2.01. The Morgan fingerprint density at radius 3 is 2.67 bits per heavy atom. The van der Waals surface area contributed by atoms with Crippen molar-refractivity contribution in [3.63, 3.8) is 0 Å². The van der Waals surface area contributed by atoms with Crippen molar-refractivity contribution in [1.29, 1.82) is 0 Å². The largest absolute Gasteiger partial charge is 0.364 e. The van der Waals surface area contributed by atoms with Crippen molar-refractivity contribution < 1.29 is 4.79 Å². The Balaban J connectivity index is 1.48. The number of carbonyl (C=O) groups excluding carboxylic acids is 1. The molecule has 1 unspecified atom stereocenters. The standard InChI is InChI=1S/C20H24N6O/c1-13(27)26-4-2-3-15(11-26)19-23-17(16-9-21-12-22-10-16)5-18(24-19)25-20-6-14(7-20)8-20/h5,9-10,12,14-15H,2-4,6-8,11H2,1H3,(H,23,24,25). The second kappa shape index (κ2) is 6.25. The van der Waals surface area contributed by atoms with E-state index in [9.17, 15) is 4.79 Å². The lowest BCUT2D eigenvalue weighted by Crippen LogP contribution is -2.63. The SMILES string of the molecule is CC(=O)N1CCCC(c2nc(NC34CC(C3)C4)cc(-c3cncnc3)n2)C1. The van der Waals surface area contributed by atoms with E-state index in [1.165, 1.54) is 25.6 Å². The van der Waals surface area contributed by atoms with E-state index in [-0.39, 0.29) is 17.4 Å². The minimum Gasteiger partial charge on any atom is -0.364 e. The number of aromatic nitrogens is 4. The highest BCUT2D eigenvalue weighted by Crippen LogP contribution is 2.58. The van der Waals surface area contributed by atoms with Gasteiger partial charge in [0.05, 0.1) is 5.69 Å². The molecule has 1 saturated heterocycles. The molecule has 4 aliphatic rings. The Hall–Kier alpha value is -2.57. The summed E-state index contributed by atoms with van der Waals surface area (Å²) in [6.45, 7) is 3.15. The van der Waals surface area contributed by atoms with Crippen molar-refractivity contribution in [2.45, 2.75) is 50.5 Å². The maximum Gasteiger partial charge on any atom is 0.219 e. The maximum atomic E-state index is 11.8. The summed E-state index contributed by atoms with van der Waals surface area (Å²) in [5, 5.41) is 3.67. The molecule has 6 rings (SSSR count). The van der Waals surface area contributed by atoms with Gasteiger partial charge in [-0.05, 0) is 38.0 Å². The molecule has 3 aliphatic carbocycles. The Morgan fingerprint density at radius 1 is 1.22 bits per heavy atom. The van der Waals surface area contributed by atoms with Crippen molar-refractivity contribution in [1.82, 2.24) is 24.8 Å². The molecular formula is C20H24N6O. The highest BCUT2D eigenvalue weighted by atomic mass is 16.2. The summed E-state index contributed by atoms with van der Waals surface area (Å²) < 4.78 is 0. The van der Waals surface area contributed by atoms with Crippen molar-refractivity contribution in [2.75, 3.05) is 18.4 Å². The van der Waals surface area contributed by atoms with E-state index in [0.717, 1.165) is 48.2 Å². The van der Waals surface area contributed by atoms with Gasteiger partial charge in [-0.15, -0.1) is 0 Å². The molecule has 7 nitrogen and oxygen atoms in total. The lowest BCUT2D eigenvalue weighted by Gasteiger charge is -2.62. The van der Waals surface area contributed by atoms with Crippen LogP contribution in [0.1, 0.15) is 50.8 Å². The van der Waals surface area contributed by atoms with Gasteiger partial charge >= 0.3 is 0 Å². The monoisotopic (exact) mass is 364 g/mol. The van der Waals surface area contributed by atoms with Crippen LogP contribution in [0.4, 0.5) is 5.82 Å². The molecule has 0 radical (unpaired) electrons. The number of hydrogen-bond donors (Lipinski definition) is 1. The number of anilines is 1. The van der Waals surface area contributed by atoms with Gasteiger partial charge in [0.15, 0.2) is 0 Å². The number of amides is 1. The van der Waals surface area contributed by atoms with Gasteiger partial charge in [0, 0.05) is 55.5 Å². The lowest BCUT2D eigenvalue weighted by atomic mass is 9.50. The molecule has 1 amide bonds. The highest BCUT2D eigenvalue weighted by Gasteiger charge is 2.56. The van der Waals surface area contributed by atoms with E-state index >= 15 is 0 Å². The van der Waals surface area contributed by atoms with Crippen LogP contribution in [0.2, 0.25) is 0 Å². The van der Waals surface area contributed by atoms with Crippen LogP contribution in [0.3, 0.4) is 0 Å². The number of nitrogens with zero attached hydrogens (tertiary/aromatic N) is 5. The Labute approximate surface area is 158 Å². The third-order valence-corrected chi connectivity index (χ3v) is 6.26. The van der Waals surface area contributed by atoms with E-state index in [1.807, 2.05) is 11.0 Å². The first kappa shape index (κ1) is 16.6. The van der Waals surface area contributed by atoms with Crippen LogP contribution < -0.4 is 5.32 Å². The van der Waals surface area contributed by atoms with E-state index in [0.29, 0.717) is 6.54 Å². The fourth-order valence-electron chi connectivity index (χ4n) is 4.67. The average Bonchev–Trinajstić information content (AvgIpc) is 2.64. The van der Waals surface area contributed by atoms with Gasteiger partial charge in [0.1, 0.15) is 18.0 Å². The number of hydrogen-bond acceptors (Lipinski definition) is 6. The number of likely N-dealkylation sites (tertiary alicyclic amines) is 1. The minimum absolute atomic E-state index is 0.125. The van der Waals surface area contributed by atoms with Gasteiger partial charge < -0.3 is 10.2 Å². The fourth-order valence-corrected chi connectivity index (χ4v) is 4.67. The van der Waals surface area contributed by atoms with Gasteiger partial charge in [-0.25, -0.2) is 19.9 Å². The van der Waals surface area contributed by atoms with Gasteiger partial charge in [-0.1, -0.05) is 0 Å². The smallest absolute Gasteiger partial charge is 0.219 e. The molecule has 2 aromatic heterocycles. The third kappa shape index (κ3) is 3.05. The molecule has 1 aliphatic heterocycles. The number of rotatable bonds is 4. The minimum atomic E-state index is 0.125. The van der Waals surface area contributed by atoms with Crippen molar-refractivity contribution >= 4 is 11.7 Å². The van der Waals surface area contributed by atoms with Crippen LogP contribution in [0.25, 0.3) is 11.3 Å². The highest BCUT2D eigenvalue weighted by molar-refractivity contribution is 5.73. The van der Waals surface area contributed by atoms with Gasteiger partial charge in [-0.2, -0.15) is 0 Å². The van der Waals surface area contributed by atoms with Gasteiger partial charge in [-0.3, -0.25) is 4.79 Å². The zero-order valence-corrected chi connectivity index (χ0v) is 15.6. The van der Waals surface area contributed by atoms with Crippen LogP contribution >= 0.6 is 0 Å². The molecule has 3 saturated carbocycles. The average molecular weight is 364 g/mol. The molecule has 140 valence electrons. The zero-order valence-electron chi connectivity index (χ0n) is 15.6. The van der Waals surface area contributed by atoms with E-state index < -0.39 is 0 Å². The molecule has 27 heavy (non-hydrogen) atoms. The summed E-state index contributed by atoms with van der Waals surface area (Å²) in [7, 11) is 0. The molecule has 0 aromatic carbocycles. The van der Waals surface area contributed by atoms with Crippen LogP contribution in [0, 0.1) is 5.92 Å². The maximum absolute atomic E-state index is 11.8. The zero-order chi connectivity index (χ0) is 18.4. The first-order chi connectivity index (χ1) is 13.1. The van der Waals surface area contributed by atoms with Crippen LogP contribution in [-0.4, -0.2) is 49.4 Å². The molecule has 1 N–H and O–H groups in total. The summed E-state index contributed by atoms with van der Waals surface area (Å²) >= 11 is 0. The van der Waals surface area contributed by atoms with Crippen LogP contribution in [-0.2, 0) is 4.79 Å². The molecule has 4 fully saturated rings. The van der Waals surface area contributed by atoms with E-state index in [4.69, 9.17) is 9.97 Å². The number of nitrogens with one attached hydrogen (secondary N) is 1. The normalized spacial score (nSPS) is 28.9. The first-order valence-electron chi connectivity index (χ1n) is 9.78. The second-order valence-electron chi connectivity index (χ2n) is 8.31. The van der Waals surface area contributed by atoms with Gasteiger partial charge in [0.25, 0.3) is 0 Å². The summed E-state index contributed by atoms with van der Waals surface area (Å²) in [6.07, 6.45) is 10.8. The third-order valence-electron chi connectivity index (χ3n) is 6.26. The van der Waals surface area contributed by atoms with Crippen molar-refractivity contribution in [3.05, 3.63) is 30.6 Å². The predicted octanol–water partition coefficient (Wildman–Crippen LogP) is 2.62. The summed E-state index contributed by atoms with van der Waals surface area (Å²) in [4.78, 5) is 31.7. The van der Waals surface area contributed by atoms with Gasteiger partial charge in [0.2, 0.25) is 5.91 Å². The van der Waals surface area contributed by atoms with Crippen LogP contribution in [0.5, 0.6) is 0 Å². The Morgan fingerprint density at radius 2 is 2.00 bits per heavy atom. The quantitative estimate of drug-likeness (QED) is 0.898. The van der Waals surface area contributed by atoms with E-state index in [2.05, 4.69) is 15.3 Å². The molecular weight excluding hydrogens is 340 g/mol. The van der Waals surface area contributed by atoms with Crippen molar-refractivity contribution in [2.24, 2.45) is 5.92 Å². The molecule has 2 aromatic rings. The fraction of sp³-hybridized carbons (Fsp3) is 0.550. The Bertz CT molecular complexity index is 853. The number of carbonyl (C=O) groups is 1. The lowest BCUT2D eigenvalue weighted by molar-refractivity contribution is -0.130. The molecule has 3 heterocycles. The first-order valence-corrected chi connectivity index (χ1v) is 9.78. The van der Waals surface area contributed by atoms with E-state index in [1.54, 1.807) is 19.3 Å². The predicted molar refractivity (Wildman–Crippen MR) is 101 cm³/mol. The second-order valence-corrected chi connectivity index (χ2v) is 8.31. The summed E-state index contributed by atoms with van der Waals surface area (Å²) in [5.41, 5.74) is 1.98. The Kier molecular flexibility index (Phi) is 3.84. The summed E-state index contributed by atoms with van der Waals surface area (Å²) in [5.74, 6) is 2.90. The molecule has 2 bridgehead atoms. The topological polar surface area (TPSA) is 83.9 Å². The molecule has 0 spiro atoms.